The third kappa shape index (κ3) is 3.60. The van der Waals surface area contributed by atoms with Gasteiger partial charge >= 0.3 is 11.9 Å². The van der Waals surface area contributed by atoms with Gasteiger partial charge in [0.25, 0.3) is 0 Å². The maximum atomic E-state index is 12.7. The fourth-order valence-electron chi connectivity index (χ4n) is 3.43. The number of esters is 2. The number of fused-ring (bicyclic) bond motifs is 1. The normalized spacial score (nSPS) is 15.1. The van der Waals surface area contributed by atoms with Crippen LogP contribution < -0.4 is 10.2 Å². The third-order valence-corrected chi connectivity index (χ3v) is 6.01. The molecule has 0 saturated carbocycles. The highest BCUT2D eigenvalue weighted by atomic mass is 32.1. The number of ether oxygens (including phenoxy) is 2. The zero-order valence-corrected chi connectivity index (χ0v) is 17.0. The molecule has 1 unspecified atom stereocenters. The molecule has 1 aromatic heterocycles. The van der Waals surface area contributed by atoms with Gasteiger partial charge in [0, 0.05) is 11.7 Å². The number of para-hydroxylation sites is 1. The highest BCUT2D eigenvalue weighted by Gasteiger charge is 2.30. The van der Waals surface area contributed by atoms with Gasteiger partial charge in [-0.3, -0.25) is 4.79 Å². The van der Waals surface area contributed by atoms with Gasteiger partial charge in [0.2, 0.25) is 5.91 Å². The van der Waals surface area contributed by atoms with Crippen LogP contribution in [-0.2, 0) is 20.7 Å². The molecule has 2 heterocycles. The molecule has 8 heteroatoms. The van der Waals surface area contributed by atoms with Crippen molar-refractivity contribution in [1.29, 1.82) is 0 Å². The van der Waals surface area contributed by atoms with Crippen molar-refractivity contribution < 1.29 is 23.9 Å². The lowest BCUT2D eigenvalue weighted by Gasteiger charge is -2.24. The molecular formula is C20H22N2O5S. The predicted molar refractivity (Wildman–Crippen MR) is 107 cm³/mol. The number of amides is 1. The average molecular weight is 402 g/mol. The molecule has 1 amide bonds. The third-order valence-electron chi connectivity index (χ3n) is 4.82. The van der Waals surface area contributed by atoms with Crippen molar-refractivity contribution in [2.24, 2.45) is 0 Å². The lowest BCUT2D eigenvalue weighted by atomic mass is 10.1. The van der Waals surface area contributed by atoms with E-state index in [9.17, 15) is 14.4 Å². The van der Waals surface area contributed by atoms with Gasteiger partial charge in [-0.25, -0.2) is 9.59 Å². The highest BCUT2D eigenvalue weighted by molar-refractivity contribution is 7.18. The highest BCUT2D eigenvalue weighted by Crippen LogP contribution is 2.35. The molecule has 7 nitrogen and oxygen atoms in total. The zero-order chi connectivity index (χ0) is 20.4. The van der Waals surface area contributed by atoms with Crippen LogP contribution in [0.2, 0.25) is 0 Å². The van der Waals surface area contributed by atoms with Crippen molar-refractivity contribution >= 4 is 39.9 Å². The van der Waals surface area contributed by atoms with E-state index < -0.39 is 11.9 Å². The molecular weight excluding hydrogens is 380 g/mol. The van der Waals surface area contributed by atoms with E-state index in [4.69, 9.17) is 9.47 Å². The first-order chi connectivity index (χ1) is 13.4. The van der Waals surface area contributed by atoms with E-state index in [1.807, 2.05) is 23.1 Å². The summed E-state index contributed by atoms with van der Waals surface area (Å²) in [6.45, 7) is 3.84. The number of anilines is 2. The second-order valence-electron chi connectivity index (χ2n) is 6.60. The Hall–Kier alpha value is -2.87. The Labute approximate surface area is 167 Å². The van der Waals surface area contributed by atoms with E-state index in [1.165, 1.54) is 19.8 Å². The molecule has 28 heavy (non-hydrogen) atoms. The van der Waals surface area contributed by atoms with Crippen molar-refractivity contribution in [3.63, 3.8) is 0 Å². The molecule has 0 aliphatic carbocycles. The van der Waals surface area contributed by atoms with Crippen LogP contribution in [0.3, 0.4) is 0 Å². The fraction of sp³-hybridized carbons (Fsp3) is 0.350. The van der Waals surface area contributed by atoms with E-state index in [1.54, 1.807) is 6.92 Å². The first kappa shape index (κ1) is 19.9. The van der Waals surface area contributed by atoms with Gasteiger partial charge in [-0.15, -0.1) is 11.3 Å². The number of carbonyl (C=O) groups excluding carboxylic acids is 3. The Morgan fingerprint density at radius 2 is 1.86 bits per heavy atom. The minimum absolute atomic E-state index is 0.142. The zero-order valence-electron chi connectivity index (χ0n) is 16.2. The lowest BCUT2D eigenvalue weighted by Crippen LogP contribution is -2.37. The van der Waals surface area contributed by atoms with Crippen molar-refractivity contribution in [2.45, 2.75) is 26.3 Å². The monoisotopic (exact) mass is 402 g/mol. The Morgan fingerprint density at radius 1 is 1.18 bits per heavy atom. The number of methoxy groups -OCH3 is 2. The van der Waals surface area contributed by atoms with Crippen molar-refractivity contribution in [3.8, 4) is 0 Å². The lowest BCUT2D eigenvalue weighted by molar-refractivity contribution is -0.115. The smallest absolute Gasteiger partial charge is 0.348 e. The summed E-state index contributed by atoms with van der Waals surface area (Å²) in [4.78, 5) is 39.2. The number of rotatable bonds is 5. The Balaban J connectivity index is 1.84. The standard InChI is InChI=1S/C20H22N2O5S/c1-11-9-13-7-5-6-8-14(13)22(11)10-15(23)21-18-16(19(24)26-3)12(2)17(28-18)20(25)27-4/h5-8,11H,9-10H2,1-4H3,(H,21,23). The number of carbonyl (C=O) groups is 3. The molecule has 2 aromatic rings. The molecule has 1 atom stereocenters. The van der Waals surface area contributed by atoms with E-state index in [0.717, 1.165) is 23.4 Å². The molecule has 1 aromatic carbocycles. The van der Waals surface area contributed by atoms with Crippen LogP contribution in [0.25, 0.3) is 0 Å². The topological polar surface area (TPSA) is 84.9 Å². The molecule has 0 fully saturated rings. The fourth-order valence-corrected chi connectivity index (χ4v) is 4.56. The Kier molecular flexibility index (Phi) is 5.69. The number of hydrogen-bond acceptors (Lipinski definition) is 7. The van der Waals surface area contributed by atoms with Gasteiger partial charge in [0.1, 0.15) is 9.88 Å². The second-order valence-corrected chi connectivity index (χ2v) is 7.62. The summed E-state index contributed by atoms with van der Waals surface area (Å²) in [5.41, 5.74) is 2.85. The van der Waals surface area contributed by atoms with Crippen LogP contribution >= 0.6 is 11.3 Å². The minimum Gasteiger partial charge on any atom is -0.465 e. The Morgan fingerprint density at radius 3 is 2.54 bits per heavy atom. The van der Waals surface area contributed by atoms with Crippen molar-refractivity contribution in [3.05, 3.63) is 45.8 Å². The van der Waals surface area contributed by atoms with Crippen LogP contribution in [0.4, 0.5) is 10.7 Å². The van der Waals surface area contributed by atoms with Gasteiger partial charge in [0.05, 0.1) is 26.3 Å². The number of hydrogen-bond donors (Lipinski definition) is 1. The average Bonchev–Trinajstić information content (AvgIpc) is 3.17. The number of nitrogens with one attached hydrogen (secondary N) is 1. The number of thiophene rings is 1. The second kappa shape index (κ2) is 8.02. The van der Waals surface area contributed by atoms with Gasteiger partial charge in [-0.1, -0.05) is 18.2 Å². The van der Waals surface area contributed by atoms with Crippen molar-refractivity contribution in [1.82, 2.24) is 0 Å². The first-order valence-electron chi connectivity index (χ1n) is 8.81. The van der Waals surface area contributed by atoms with Crippen LogP contribution in [0.1, 0.15) is 38.1 Å². The van der Waals surface area contributed by atoms with Crippen LogP contribution in [0, 0.1) is 6.92 Å². The molecule has 1 aliphatic heterocycles. The number of nitrogens with zero attached hydrogens (tertiary/aromatic N) is 1. The van der Waals surface area contributed by atoms with E-state index in [-0.39, 0.29) is 33.9 Å². The summed E-state index contributed by atoms with van der Waals surface area (Å²) in [6.07, 6.45) is 0.876. The Bertz CT molecular complexity index is 937. The summed E-state index contributed by atoms with van der Waals surface area (Å²) in [6, 6.07) is 8.18. The molecule has 0 bridgehead atoms. The summed E-state index contributed by atoms with van der Waals surface area (Å²) < 4.78 is 9.58. The molecule has 1 aliphatic rings. The van der Waals surface area contributed by atoms with Gasteiger partial charge in [0.15, 0.2) is 0 Å². The largest absolute Gasteiger partial charge is 0.465 e. The van der Waals surface area contributed by atoms with Crippen molar-refractivity contribution in [2.75, 3.05) is 31.0 Å². The van der Waals surface area contributed by atoms with Gasteiger partial charge in [-0.2, -0.15) is 0 Å². The van der Waals surface area contributed by atoms with Crippen LogP contribution in [0.15, 0.2) is 24.3 Å². The molecule has 3 rings (SSSR count). The first-order valence-corrected chi connectivity index (χ1v) is 9.63. The van der Waals surface area contributed by atoms with E-state index in [2.05, 4.69) is 18.3 Å². The quantitative estimate of drug-likeness (QED) is 0.774. The molecule has 0 saturated heterocycles. The van der Waals surface area contributed by atoms with Gasteiger partial charge < -0.3 is 19.7 Å². The minimum atomic E-state index is -0.612. The summed E-state index contributed by atoms with van der Waals surface area (Å²) in [7, 11) is 2.52. The molecule has 0 spiro atoms. The van der Waals surface area contributed by atoms with Gasteiger partial charge in [-0.05, 0) is 37.5 Å². The molecule has 1 N–H and O–H groups in total. The maximum absolute atomic E-state index is 12.7. The molecule has 148 valence electrons. The van der Waals surface area contributed by atoms with E-state index >= 15 is 0 Å². The SMILES string of the molecule is COC(=O)c1sc(NC(=O)CN2c3ccccc3CC2C)c(C(=O)OC)c1C. The number of benzene rings is 1. The summed E-state index contributed by atoms with van der Waals surface area (Å²) in [5, 5.41) is 3.06. The van der Waals surface area contributed by atoms with Crippen LogP contribution in [-0.4, -0.2) is 44.7 Å². The maximum Gasteiger partial charge on any atom is 0.348 e. The predicted octanol–water partition coefficient (Wildman–Crippen LogP) is 3.02. The van der Waals surface area contributed by atoms with Crippen LogP contribution in [0.5, 0.6) is 0 Å². The van der Waals surface area contributed by atoms with E-state index in [0.29, 0.717) is 5.56 Å². The summed E-state index contributed by atoms with van der Waals surface area (Å²) >= 11 is 1.01. The summed E-state index contributed by atoms with van der Waals surface area (Å²) in [5.74, 6) is -1.44. The molecule has 0 radical (unpaired) electrons.